The van der Waals surface area contributed by atoms with Gasteiger partial charge in [-0.3, -0.25) is 19.3 Å². The fraction of sp³-hybridized carbons (Fsp3) is 0.267. The van der Waals surface area contributed by atoms with Crippen LogP contribution in [0.3, 0.4) is 0 Å². The minimum Gasteiger partial charge on any atom is -0.482 e. The van der Waals surface area contributed by atoms with E-state index in [1.54, 1.807) is 25.2 Å². The Morgan fingerprint density at radius 2 is 2.09 bits per heavy atom. The van der Waals surface area contributed by atoms with Gasteiger partial charge in [0.1, 0.15) is 5.75 Å². The number of carbonyl (C=O) groups is 3. The van der Waals surface area contributed by atoms with E-state index in [1.165, 1.54) is 17.9 Å². The van der Waals surface area contributed by atoms with Gasteiger partial charge in [-0.15, -0.1) is 0 Å². The molecule has 0 aliphatic carbocycles. The highest BCUT2D eigenvalue weighted by Gasteiger charge is 2.26. The second-order valence-electron chi connectivity index (χ2n) is 5.16. The Bertz CT molecular complexity index is 711. The van der Waals surface area contributed by atoms with E-state index in [0.717, 1.165) is 4.90 Å². The molecule has 1 aromatic rings. The average molecular weight is 301 g/mol. The van der Waals surface area contributed by atoms with Crippen LogP contribution in [0.25, 0.3) is 0 Å². The molecule has 0 atom stereocenters. The summed E-state index contributed by atoms with van der Waals surface area (Å²) in [5.74, 6) is -0.108. The van der Waals surface area contributed by atoms with Crippen molar-refractivity contribution in [1.29, 1.82) is 0 Å². The molecule has 0 saturated carbocycles. The molecule has 1 aromatic carbocycles. The Morgan fingerprint density at radius 1 is 1.32 bits per heavy atom. The van der Waals surface area contributed by atoms with Crippen molar-refractivity contribution >= 4 is 29.1 Å². The predicted octanol–water partition coefficient (Wildman–Crippen LogP) is 0.726. The number of nitrogens with one attached hydrogen (secondary N) is 1. The molecule has 3 amide bonds. The summed E-state index contributed by atoms with van der Waals surface area (Å²) < 4.78 is 5.36. The second kappa shape index (κ2) is 5.18. The fourth-order valence-corrected chi connectivity index (χ4v) is 2.40. The van der Waals surface area contributed by atoms with Crippen molar-refractivity contribution in [3.63, 3.8) is 0 Å². The van der Waals surface area contributed by atoms with Gasteiger partial charge in [0.25, 0.3) is 11.8 Å². The third-order valence-corrected chi connectivity index (χ3v) is 3.62. The maximum Gasteiger partial charge on any atom is 0.264 e. The number of likely N-dealkylation sites (N-methyl/N-ethyl adjacent to an activating group) is 1. The van der Waals surface area contributed by atoms with Gasteiger partial charge < -0.3 is 15.0 Å². The molecule has 0 fully saturated rings. The molecule has 3 rings (SSSR count). The van der Waals surface area contributed by atoms with Gasteiger partial charge in [0.15, 0.2) is 6.61 Å². The Balaban J connectivity index is 1.80. The predicted molar refractivity (Wildman–Crippen MR) is 79.4 cm³/mol. The molecule has 2 aliphatic rings. The van der Waals surface area contributed by atoms with Crippen LogP contribution in [0.1, 0.15) is 6.92 Å². The summed E-state index contributed by atoms with van der Waals surface area (Å²) in [6, 6.07) is 5.33. The van der Waals surface area contributed by atoms with Crippen molar-refractivity contribution < 1.29 is 19.1 Å². The number of imide groups is 1. The van der Waals surface area contributed by atoms with E-state index in [4.69, 9.17) is 4.74 Å². The van der Waals surface area contributed by atoms with Crippen LogP contribution in [0.15, 0.2) is 30.0 Å². The molecular weight excluding hydrogens is 286 g/mol. The highest BCUT2D eigenvalue weighted by atomic mass is 16.5. The van der Waals surface area contributed by atoms with Crippen LogP contribution < -0.4 is 15.0 Å². The molecule has 22 heavy (non-hydrogen) atoms. The van der Waals surface area contributed by atoms with E-state index in [-0.39, 0.29) is 30.9 Å². The van der Waals surface area contributed by atoms with Crippen LogP contribution in [-0.2, 0) is 14.4 Å². The zero-order valence-corrected chi connectivity index (χ0v) is 12.3. The fourth-order valence-electron chi connectivity index (χ4n) is 2.40. The summed E-state index contributed by atoms with van der Waals surface area (Å²) in [5.41, 5.74) is 2.01. The number of amides is 3. The van der Waals surface area contributed by atoms with E-state index >= 15 is 0 Å². The van der Waals surface area contributed by atoms with E-state index in [2.05, 4.69) is 5.32 Å². The summed E-state index contributed by atoms with van der Waals surface area (Å²) in [6.45, 7) is 1.60. The first-order valence-electron chi connectivity index (χ1n) is 6.79. The lowest BCUT2D eigenvalue weighted by molar-refractivity contribution is -0.138. The Hall–Kier alpha value is -2.83. The molecule has 0 unspecified atom stereocenters. The molecule has 2 heterocycles. The zero-order chi connectivity index (χ0) is 15.9. The number of carbonyl (C=O) groups excluding carboxylic acids is 3. The monoisotopic (exact) mass is 301 g/mol. The largest absolute Gasteiger partial charge is 0.482 e. The zero-order valence-electron chi connectivity index (χ0n) is 12.3. The topological polar surface area (TPSA) is 79.0 Å². The minimum atomic E-state index is -0.330. The van der Waals surface area contributed by atoms with Crippen LogP contribution in [0.4, 0.5) is 11.4 Å². The summed E-state index contributed by atoms with van der Waals surface area (Å²) >= 11 is 0. The Morgan fingerprint density at radius 3 is 2.77 bits per heavy atom. The number of anilines is 2. The van der Waals surface area contributed by atoms with Crippen molar-refractivity contribution in [2.24, 2.45) is 0 Å². The lowest BCUT2D eigenvalue weighted by Gasteiger charge is -2.26. The van der Waals surface area contributed by atoms with Crippen LogP contribution in [-0.4, -0.2) is 42.8 Å². The van der Waals surface area contributed by atoms with Gasteiger partial charge in [0.05, 0.1) is 12.2 Å². The van der Waals surface area contributed by atoms with E-state index in [0.29, 0.717) is 22.8 Å². The molecule has 0 bridgehead atoms. The third-order valence-electron chi connectivity index (χ3n) is 3.62. The first kappa shape index (κ1) is 14.1. The van der Waals surface area contributed by atoms with E-state index < -0.39 is 0 Å². The summed E-state index contributed by atoms with van der Waals surface area (Å²) in [4.78, 5) is 37.3. The summed E-state index contributed by atoms with van der Waals surface area (Å²) in [5, 5.41) is 3.09. The van der Waals surface area contributed by atoms with Crippen molar-refractivity contribution in [1.82, 2.24) is 4.90 Å². The van der Waals surface area contributed by atoms with Crippen LogP contribution >= 0.6 is 0 Å². The molecule has 0 radical (unpaired) electrons. The molecule has 0 saturated heterocycles. The molecule has 1 N–H and O–H groups in total. The lowest BCUT2D eigenvalue weighted by atomic mass is 10.2. The van der Waals surface area contributed by atoms with Crippen molar-refractivity contribution in [3.8, 4) is 5.75 Å². The minimum absolute atomic E-state index is 0.0313. The third kappa shape index (κ3) is 2.41. The molecule has 7 heteroatoms. The number of nitrogens with zero attached hydrogens (tertiary/aromatic N) is 2. The highest BCUT2D eigenvalue weighted by molar-refractivity contribution is 6.03. The van der Waals surface area contributed by atoms with Crippen LogP contribution in [0.5, 0.6) is 5.75 Å². The summed E-state index contributed by atoms with van der Waals surface area (Å²) in [6.07, 6.45) is 1.40. The number of ether oxygens (including phenoxy) is 1. The highest BCUT2D eigenvalue weighted by Crippen LogP contribution is 2.34. The van der Waals surface area contributed by atoms with Gasteiger partial charge >= 0.3 is 0 Å². The van der Waals surface area contributed by atoms with Gasteiger partial charge in [-0.25, -0.2) is 0 Å². The van der Waals surface area contributed by atoms with E-state index in [9.17, 15) is 14.4 Å². The molecular formula is C15H15N3O4. The van der Waals surface area contributed by atoms with Gasteiger partial charge in [0, 0.05) is 31.4 Å². The normalized spacial score (nSPS) is 17.1. The quantitative estimate of drug-likeness (QED) is 0.871. The first-order chi connectivity index (χ1) is 10.5. The Labute approximate surface area is 127 Å². The molecule has 2 aliphatic heterocycles. The van der Waals surface area contributed by atoms with Crippen molar-refractivity contribution in [3.05, 3.63) is 30.0 Å². The number of fused-ring (bicyclic) bond motifs is 1. The summed E-state index contributed by atoms with van der Waals surface area (Å²) in [7, 11) is 1.68. The number of benzene rings is 1. The molecule has 114 valence electrons. The molecule has 7 nitrogen and oxygen atoms in total. The van der Waals surface area contributed by atoms with Crippen LogP contribution in [0.2, 0.25) is 0 Å². The second-order valence-corrected chi connectivity index (χ2v) is 5.16. The Kier molecular flexibility index (Phi) is 3.32. The van der Waals surface area contributed by atoms with Gasteiger partial charge in [-0.2, -0.15) is 0 Å². The molecule has 0 aromatic heterocycles. The number of rotatable bonds is 2. The maximum absolute atomic E-state index is 11.7. The first-order valence-corrected chi connectivity index (χ1v) is 6.79. The van der Waals surface area contributed by atoms with E-state index in [1.807, 2.05) is 0 Å². The van der Waals surface area contributed by atoms with Gasteiger partial charge in [-0.1, -0.05) is 0 Å². The van der Waals surface area contributed by atoms with Crippen molar-refractivity contribution in [2.75, 3.05) is 30.4 Å². The van der Waals surface area contributed by atoms with Crippen molar-refractivity contribution in [2.45, 2.75) is 6.92 Å². The van der Waals surface area contributed by atoms with Crippen LogP contribution in [0, 0.1) is 0 Å². The maximum atomic E-state index is 11.7. The number of hydrogen-bond donors (Lipinski definition) is 1. The lowest BCUT2D eigenvalue weighted by Crippen LogP contribution is -2.35. The molecule has 0 spiro atoms. The smallest absolute Gasteiger partial charge is 0.264 e. The number of hydrogen-bond acceptors (Lipinski definition) is 5. The van der Waals surface area contributed by atoms with Gasteiger partial charge in [0.2, 0.25) is 5.91 Å². The standard InChI is InChI=1S/C15H15N3O4/c1-9(19)18-7-11(6-14(18)20)16-10-3-4-13-12(5-10)17(2)15(21)8-22-13/h3-6,16H,7-8H2,1-2H3. The SMILES string of the molecule is CC(=O)N1CC(Nc2ccc3c(c2)N(C)C(=O)CO3)=CC1=O. The van der Waals surface area contributed by atoms with Gasteiger partial charge in [-0.05, 0) is 18.2 Å². The average Bonchev–Trinajstić information content (AvgIpc) is 2.84.